The Morgan fingerprint density at radius 2 is 2.04 bits per heavy atom. The van der Waals surface area contributed by atoms with E-state index in [0.717, 1.165) is 22.7 Å². The fraction of sp³-hybridized carbons (Fsp3) is 0.143. The van der Waals surface area contributed by atoms with Crippen LogP contribution in [0.2, 0.25) is 0 Å². The minimum Gasteiger partial charge on any atom is -0.467 e. The zero-order valence-corrected chi connectivity index (χ0v) is 15.0. The number of carbonyl (C=O) groups excluding carboxylic acids is 1. The molecule has 2 heterocycles. The van der Waals surface area contributed by atoms with Gasteiger partial charge in [0.25, 0.3) is 5.91 Å². The van der Waals surface area contributed by atoms with Gasteiger partial charge in [0.05, 0.1) is 12.8 Å². The molecule has 3 aromatic rings. The lowest BCUT2D eigenvalue weighted by molar-refractivity contribution is -0.112. The van der Waals surface area contributed by atoms with E-state index in [0.29, 0.717) is 12.2 Å². The predicted octanol–water partition coefficient (Wildman–Crippen LogP) is 4.43. The maximum Gasteiger partial charge on any atom is 0.266 e. The molecule has 136 valence electrons. The molecule has 0 fully saturated rings. The van der Waals surface area contributed by atoms with E-state index < -0.39 is 11.7 Å². The number of aryl methyl sites for hydroxylation is 1. The first-order chi connectivity index (χ1) is 13.0. The van der Waals surface area contributed by atoms with Crippen LogP contribution in [0, 0.1) is 31.0 Å². The van der Waals surface area contributed by atoms with Crippen LogP contribution in [-0.4, -0.2) is 10.5 Å². The van der Waals surface area contributed by atoms with Crippen molar-refractivity contribution >= 4 is 17.7 Å². The molecule has 2 aromatic heterocycles. The van der Waals surface area contributed by atoms with E-state index in [2.05, 4.69) is 9.88 Å². The van der Waals surface area contributed by atoms with Gasteiger partial charge in [-0.3, -0.25) is 4.79 Å². The lowest BCUT2D eigenvalue weighted by Gasteiger charge is -2.07. The number of hydrogen-bond donors (Lipinski definition) is 1. The summed E-state index contributed by atoms with van der Waals surface area (Å²) in [4.78, 5) is 12.4. The van der Waals surface area contributed by atoms with Gasteiger partial charge in [-0.2, -0.15) is 5.26 Å². The van der Waals surface area contributed by atoms with E-state index in [1.807, 2.05) is 38.1 Å². The number of amides is 1. The Morgan fingerprint density at radius 3 is 2.67 bits per heavy atom. The molecule has 0 saturated carbocycles. The number of nitrogens with one attached hydrogen (secondary N) is 1. The van der Waals surface area contributed by atoms with Crippen molar-refractivity contribution in [3.8, 4) is 6.07 Å². The van der Waals surface area contributed by atoms with Gasteiger partial charge in [0, 0.05) is 17.1 Å². The Hall–Kier alpha value is -3.59. The molecule has 6 heteroatoms. The summed E-state index contributed by atoms with van der Waals surface area (Å²) in [5.74, 6) is -0.116. The molecule has 1 amide bonds. The van der Waals surface area contributed by atoms with Crippen LogP contribution in [-0.2, 0) is 11.3 Å². The first-order valence-electron chi connectivity index (χ1n) is 8.35. The van der Waals surface area contributed by atoms with Crippen molar-refractivity contribution in [3.63, 3.8) is 0 Å². The quantitative estimate of drug-likeness (QED) is 0.538. The summed E-state index contributed by atoms with van der Waals surface area (Å²) in [6.07, 6.45) is 3.18. The molecule has 1 N–H and O–H groups in total. The number of nitriles is 1. The lowest BCUT2D eigenvalue weighted by Crippen LogP contribution is -2.13. The average Bonchev–Trinajstić information content (AvgIpc) is 3.25. The van der Waals surface area contributed by atoms with Crippen molar-refractivity contribution in [2.45, 2.75) is 20.4 Å². The number of nitrogens with zero attached hydrogens (tertiary/aromatic N) is 2. The Labute approximate surface area is 156 Å². The number of carbonyl (C=O) groups is 1. The summed E-state index contributed by atoms with van der Waals surface area (Å²) >= 11 is 0. The first-order valence-corrected chi connectivity index (χ1v) is 8.35. The minimum absolute atomic E-state index is 0.0300. The molecule has 0 radical (unpaired) electrons. The highest BCUT2D eigenvalue weighted by Gasteiger charge is 2.14. The van der Waals surface area contributed by atoms with Gasteiger partial charge >= 0.3 is 0 Å². The standard InChI is InChI=1S/C21H18FN3O2/c1-14-10-16(15(2)25(14)13-20-4-3-9-27-20)11-17(12-23)21(26)24-19-7-5-18(22)6-8-19/h3-11H,13H2,1-2H3,(H,24,26)/b17-11+. The molecule has 0 saturated heterocycles. The number of hydrogen-bond acceptors (Lipinski definition) is 3. The summed E-state index contributed by atoms with van der Waals surface area (Å²) in [5, 5.41) is 12.0. The third-order valence-corrected chi connectivity index (χ3v) is 4.27. The van der Waals surface area contributed by atoms with Crippen LogP contribution in [0.4, 0.5) is 10.1 Å². The monoisotopic (exact) mass is 363 g/mol. The summed E-state index contributed by atoms with van der Waals surface area (Å²) in [6.45, 7) is 4.45. The molecular formula is C21H18FN3O2. The zero-order valence-electron chi connectivity index (χ0n) is 15.0. The molecule has 1 aromatic carbocycles. The third-order valence-electron chi connectivity index (χ3n) is 4.27. The molecule has 0 aliphatic carbocycles. The zero-order chi connectivity index (χ0) is 19.4. The smallest absolute Gasteiger partial charge is 0.266 e. The van der Waals surface area contributed by atoms with Crippen molar-refractivity contribution in [3.05, 3.63) is 82.8 Å². The maximum absolute atomic E-state index is 13.0. The highest BCUT2D eigenvalue weighted by molar-refractivity contribution is 6.09. The topological polar surface area (TPSA) is 71.0 Å². The molecule has 3 rings (SSSR count). The molecule has 0 aliphatic rings. The summed E-state index contributed by atoms with van der Waals surface area (Å²) in [7, 11) is 0. The van der Waals surface area contributed by atoms with E-state index in [1.165, 1.54) is 24.3 Å². The van der Waals surface area contributed by atoms with Gasteiger partial charge in [-0.25, -0.2) is 4.39 Å². The predicted molar refractivity (Wildman–Crippen MR) is 100 cm³/mol. The van der Waals surface area contributed by atoms with Gasteiger partial charge in [0.1, 0.15) is 23.2 Å². The summed E-state index contributed by atoms with van der Waals surface area (Å²) in [5.41, 5.74) is 3.09. The molecule has 5 nitrogen and oxygen atoms in total. The minimum atomic E-state index is -0.542. The third kappa shape index (κ3) is 4.15. The highest BCUT2D eigenvalue weighted by Crippen LogP contribution is 2.20. The Bertz CT molecular complexity index is 1020. The van der Waals surface area contributed by atoms with E-state index in [9.17, 15) is 14.4 Å². The van der Waals surface area contributed by atoms with E-state index in [1.54, 1.807) is 12.3 Å². The average molecular weight is 363 g/mol. The second kappa shape index (κ2) is 7.75. The molecule has 27 heavy (non-hydrogen) atoms. The Balaban J connectivity index is 1.84. The normalized spacial score (nSPS) is 11.3. The molecule has 0 bridgehead atoms. The van der Waals surface area contributed by atoms with Crippen molar-refractivity contribution in [1.82, 2.24) is 4.57 Å². The van der Waals surface area contributed by atoms with Gasteiger partial charge in [0.15, 0.2) is 0 Å². The maximum atomic E-state index is 13.0. The van der Waals surface area contributed by atoms with Crippen molar-refractivity contribution in [2.24, 2.45) is 0 Å². The van der Waals surface area contributed by atoms with E-state index >= 15 is 0 Å². The fourth-order valence-corrected chi connectivity index (χ4v) is 2.81. The van der Waals surface area contributed by atoms with Crippen LogP contribution in [0.25, 0.3) is 6.08 Å². The first kappa shape index (κ1) is 18.2. The van der Waals surface area contributed by atoms with Crippen LogP contribution in [0.1, 0.15) is 22.7 Å². The SMILES string of the molecule is Cc1cc(/C=C(\C#N)C(=O)Nc2ccc(F)cc2)c(C)n1Cc1ccco1. The van der Waals surface area contributed by atoms with Crippen molar-refractivity contribution in [1.29, 1.82) is 5.26 Å². The second-order valence-electron chi connectivity index (χ2n) is 6.12. The van der Waals surface area contributed by atoms with Crippen molar-refractivity contribution in [2.75, 3.05) is 5.32 Å². The highest BCUT2D eigenvalue weighted by atomic mass is 19.1. The van der Waals surface area contributed by atoms with Crippen LogP contribution < -0.4 is 5.32 Å². The number of rotatable bonds is 5. The summed E-state index contributed by atoms with van der Waals surface area (Å²) < 4.78 is 20.4. The molecule has 0 atom stereocenters. The number of furan rings is 1. The van der Waals surface area contributed by atoms with Gasteiger partial charge < -0.3 is 14.3 Å². The largest absolute Gasteiger partial charge is 0.467 e. The van der Waals surface area contributed by atoms with Crippen LogP contribution in [0.15, 0.2) is 58.7 Å². The Kier molecular flexibility index (Phi) is 5.23. The van der Waals surface area contributed by atoms with Crippen molar-refractivity contribution < 1.29 is 13.6 Å². The summed E-state index contributed by atoms with van der Waals surface area (Å²) in [6, 6.07) is 12.9. The van der Waals surface area contributed by atoms with Crippen LogP contribution >= 0.6 is 0 Å². The van der Waals surface area contributed by atoms with E-state index in [-0.39, 0.29) is 5.57 Å². The molecular weight excluding hydrogens is 345 g/mol. The second-order valence-corrected chi connectivity index (χ2v) is 6.12. The Morgan fingerprint density at radius 1 is 1.30 bits per heavy atom. The molecule has 0 aliphatic heterocycles. The van der Waals surface area contributed by atoms with Gasteiger partial charge in [-0.1, -0.05) is 0 Å². The lowest BCUT2D eigenvalue weighted by atomic mass is 10.1. The number of aromatic nitrogens is 1. The number of halogens is 1. The van der Waals surface area contributed by atoms with Gasteiger partial charge in [-0.15, -0.1) is 0 Å². The van der Waals surface area contributed by atoms with Gasteiger partial charge in [-0.05, 0) is 68.0 Å². The van der Waals surface area contributed by atoms with E-state index in [4.69, 9.17) is 4.42 Å². The number of benzene rings is 1. The molecule has 0 unspecified atom stereocenters. The van der Waals surface area contributed by atoms with Crippen LogP contribution in [0.5, 0.6) is 0 Å². The van der Waals surface area contributed by atoms with Crippen LogP contribution in [0.3, 0.4) is 0 Å². The number of anilines is 1. The fourth-order valence-electron chi connectivity index (χ4n) is 2.81. The molecule has 0 spiro atoms. The van der Waals surface area contributed by atoms with Gasteiger partial charge in [0.2, 0.25) is 0 Å².